The summed E-state index contributed by atoms with van der Waals surface area (Å²) in [6.45, 7) is 15.2. The van der Waals surface area contributed by atoms with Gasteiger partial charge in [-0.3, -0.25) is 9.59 Å². The zero-order valence-electron chi connectivity index (χ0n) is 25.6. The molecule has 7 nitrogen and oxygen atoms in total. The van der Waals surface area contributed by atoms with E-state index in [0.29, 0.717) is 29.2 Å². The van der Waals surface area contributed by atoms with E-state index in [1.807, 2.05) is 39.0 Å². The molecule has 8 heteroatoms. The molecule has 0 aliphatic rings. The Balaban J connectivity index is 2.68. The normalized spacial score (nSPS) is 13.5. The molecule has 0 heterocycles. The van der Waals surface area contributed by atoms with Gasteiger partial charge < -0.3 is 20.3 Å². The van der Waals surface area contributed by atoms with Crippen molar-refractivity contribution in [2.45, 2.75) is 92.0 Å². The van der Waals surface area contributed by atoms with Gasteiger partial charge in [0, 0.05) is 23.0 Å². The third-order valence-electron chi connectivity index (χ3n) is 6.73. The van der Waals surface area contributed by atoms with Crippen LogP contribution in [0.3, 0.4) is 0 Å². The number of anilines is 1. The van der Waals surface area contributed by atoms with E-state index in [0.717, 1.165) is 17.5 Å². The number of aryl methyl sites for hydroxylation is 2. The van der Waals surface area contributed by atoms with Crippen molar-refractivity contribution in [3.63, 3.8) is 0 Å². The van der Waals surface area contributed by atoms with Crippen molar-refractivity contribution in [2.75, 3.05) is 11.1 Å². The maximum Gasteiger partial charge on any atom is 0.408 e. The van der Waals surface area contributed by atoms with Gasteiger partial charge in [-0.15, -0.1) is 6.42 Å². The first-order valence-corrected chi connectivity index (χ1v) is 14.7. The topological polar surface area (TPSA) is 87.7 Å². The highest BCUT2D eigenvalue weighted by molar-refractivity contribution is 7.80. The van der Waals surface area contributed by atoms with Crippen LogP contribution < -0.4 is 10.6 Å². The summed E-state index contributed by atoms with van der Waals surface area (Å²) < 4.78 is 5.41. The third-order valence-corrected chi connectivity index (χ3v) is 7.09. The maximum atomic E-state index is 14.3. The summed E-state index contributed by atoms with van der Waals surface area (Å²) in [4.78, 5) is 42.9. The Morgan fingerprint density at radius 3 is 2.15 bits per heavy atom. The van der Waals surface area contributed by atoms with E-state index in [9.17, 15) is 14.4 Å². The largest absolute Gasteiger partial charge is 0.444 e. The van der Waals surface area contributed by atoms with Gasteiger partial charge in [-0.2, -0.15) is 12.6 Å². The van der Waals surface area contributed by atoms with Gasteiger partial charge in [0.15, 0.2) is 0 Å². The number of para-hydroxylation sites is 1. The van der Waals surface area contributed by atoms with E-state index in [1.54, 1.807) is 49.9 Å². The molecule has 0 aliphatic heterocycles. The molecule has 2 aromatic carbocycles. The molecule has 0 saturated carbocycles. The number of ether oxygens (including phenoxy) is 1. The first-order chi connectivity index (χ1) is 19.2. The second kappa shape index (κ2) is 15.0. The van der Waals surface area contributed by atoms with Crippen LogP contribution >= 0.6 is 12.6 Å². The van der Waals surface area contributed by atoms with Crippen LogP contribution in [0.25, 0.3) is 0 Å². The number of terminal acetylenes is 1. The summed E-state index contributed by atoms with van der Waals surface area (Å²) in [5, 5.41) is 5.74. The number of rotatable bonds is 11. The van der Waals surface area contributed by atoms with Gasteiger partial charge in [0.1, 0.15) is 17.7 Å². The van der Waals surface area contributed by atoms with Crippen LogP contribution in [0.2, 0.25) is 0 Å². The summed E-state index contributed by atoms with van der Waals surface area (Å²) in [7, 11) is 0. The molecule has 2 rings (SSSR count). The number of alkyl carbamates (subject to hydrolysis) is 1. The first-order valence-electron chi connectivity index (χ1n) is 14.0. The molecule has 0 saturated heterocycles. The van der Waals surface area contributed by atoms with Gasteiger partial charge in [-0.1, -0.05) is 56.2 Å². The van der Waals surface area contributed by atoms with Gasteiger partial charge in [0.05, 0.1) is 0 Å². The molecule has 0 spiro atoms. The Kier molecular flexibility index (Phi) is 12.3. The van der Waals surface area contributed by atoms with Crippen LogP contribution in [-0.4, -0.2) is 46.2 Å². The zero-order chi connectivity index (χ0) is 30.9. The number of hydrogen-bond acceptors (Lipinski definition) is 5. The molecule has 0 radical (unpaired) electrons. The number of carbonyl (C=O) groups excluding carboxylic acids is 3. The number of nitrogens with one attached hydrogen (secondary N) is 2. The summed E-state index contributed by atoms with van der Waals surface area (Å²) in [5.41, 5.74) is 2.75. The number of amides is 3. The predicted octanol–water partition coefficient (Wildman–Crippen LogP) is 6.44. The van der Waals surface area contributed by atoms with Crippen molar-refractivity contribution >= 4 is 36.2 Å². The van der Waals surface area contributed by atoms with E-state index in [2.05, 4.69) is 43.0 Å². The van der Waals surface area contributed by atoms with Crippen molar-refractivity contribution in [1.29, 1.82) is 0 Å². The Bertz CT molecular complexity index is 1240. The standard InChI is InChI=1S/C33H45N3O4S/c1-10-25-16-11-12-17-26(25)29(30(37)35-28-22(4)14-13-15-23(28)5)36(24(6)19-18-21(2)3)31(38)27(20-41)34-32(39)40-33(7,8)9/h1,11-17,21,24,27,29,41H,18-20H2,2-9H3,(H,34,39)(H,35,37). The van der Waals surface area contributed by atoms with Gasteiger partial charge in [0.2, 0.25) is 5.91 Å². The molecule has 41 heavy (non-hydrogen) atoms. The minimum atomic E-state index is -1.07. The number of benzene rings is 2. The van der Waals surface area contributed by atoms with Crippen LogP contribution in [0, 0.1) is 32.1 Å². The number of thiol groups is 1. The fraction of sp³-hybridized carbons (Fsp3) is 0.485. The zero-order valence-corrected chi connectivity index (χ0v) is 26.5. The second-order valence-electron chi connectivity index (χ2n) is 11.8. The van der Waals surface area contributed by atoms with Crippen molar-refractivity contribution in [2.24, 2.45) is 5.92 Å². The molecule has 222 valence electrons. The molecular formula is C33H45N3O4S. The van der Waals surface area contributed by atoms with E-state index >= 15 is 0 Å². The molecular weight excluding hydrogens is 534 g/mol. The molecule has 0 aliphatic carbocycles. The van der Waals surface area contributed by atoms with Crippen molar-refractivity contribution in [1.82, 2.24) is 10.2 Å². The van der Waals surface area contributed by atoms with Gasteiger partial charge in [-0.25, -0.2) is 4.79 Å². The Labute approximate surface area is 251 Å². The van der Waals surface area contributed by atoms with E-state index in [4.69, 9.17) is 11.2 Å². The van der Waals surface area contributed by atoms with Gasteiger partial charge in [-0.05, 0) is 83.1 Å². The Morgan fingerprint density at radius 1 is 1.00 bits per heavy atom. The average molecular weight is 580 g/mol. The fourth-order valence-corrected chi connectivity index (χ4v) is 4.86. The highest BCUT2D eigenvalue weighted by Gasteiger charge is 2.39. The summed E-state index contributed by atoms with van der Waals surface area (Å²) in [6, 6.07) is 10.4. The molecule has 3 atom stereocenters. The van der Waals surface area contributed by atoms with E-state index in [-0.39, 0.29) is 11.8 Å². The van der Waals surface area contributed by atoms with Gasteiger partial charge in [0.25, 0.3) is 5.91 Å². The van der Waals surface area contributed by atoms with E-state index < -0.39 is 35.6 Å². The lowest BCUT2D eigenvalue weighted by Gasteiger charge is -2.39. The molecule has 2 N–H and O–H groups in total. The van der Waals surface area contributed by atoms with Crippen LogP contribution in [-0.2, 0) is 14.3 Å². The molecule has 0 fully saturated rings. The lowest BCUT2D eigenvalue weighted by atomic mass is 9.94. The maximum absolute atomic E-state index is 14.3. The average Bonchev–Trinajstić information content (AvgIpc) is 2.89. The summed E-state index contributed by atoms with van der Waals surface area (Å²) in [6.07, 6.45) is 6.61. The number of carbonyl (C=O) groups is 3. The van der Waals surface area contributed by atoms with Crippen molar-refractivity contribution in [3.8, 4) is 12.3 Å². The third kappa shape index (κ3) is 9.57. The van der Waals surface area contributed by atoms with Crippen molar-refractivity contribution < 1.29 is 19.1 Å². The quantitative estimate of drug-likeness (QED) is 0.211. The Morgan fingerprint density at radius 2 is 1.61 bits per heavy atom. The van der Waals surface area contributed by atoms with Crippen LogP contribution in [0.5, 0.6) is 0 Å². The summed E-state index contributed by atoms with van der Waals surface area (Å²) in [5.74, 6) is 2.22. The lowest BCUT2D eigenvalue weighted by Crippen LogP contribution is -2.55. The predicted molar refractivity (Wildman–Crippen MR) is 169 cm³/mol. The molecule has 2 aromatic rings. The highest BCUT2D eigenvalue weighted by atomic mass is 32.1. The lowest BCUT2D eigenvalue weighted by molar-refractivity contribution is -0.143. The minimum Gasteiger partial charge on any atom is -0.444 e. The second-order valence-corrected chi connectivity index (χ2v) is 12.2. The smallest absolute Gasteiger partial charge is 0.408 e. The monoisotopic (exact) mass is 579 g/mol. The van der Waals surface area contributed by atoms with Gasteiger partial charge >= 0.3 is 6.09 Å². The highest BCUT2D eigenvalue weighted by Crippen LogP contribution is 2.31. The van der Waals surface area contributed by atoms with E-state index in [1.165, 1.54) is 0 Å². The molecule has 3 unspecified atom stereocenters. The number of nitrogens with zero attached hydrogens (tertiary/aromatic N) is 1. The Hall–Kier alpha value is -3.44. The molecule has 0 bridgehead atoms. The fourth-order valence-electron chi connectivity index (χ4n) is 4.62. The molecule has 3 amide bonds. The number of hydrogen-bond donors (Lipinski definition) is 3. The molecule has 0 aromatic heterocycles. The first kappa shape index (κ1) is 33.8. The SMILES string of the molecule is C#Cc1ccccc1C(C(=O)Nc1c(C)cccc1C)N(C(=O)C(CS)NC(=O)OC(C)(C)C)C(C)CCC(C)C. The van der Waals surface area contributed by atoms with Crippen molar-refractivity contribution in [3.05, 3.63) is 64.7 Å². The van der Waals surface area contributed by atoms with Crippen LogP contribution in [0.15, 0.2) is 42.5 Å². The minimum absolute atomic E-state index is 0.00744. The summed E-state index contributed by atoms with van der Waals surface area (Å²) >= 11 is 4.39. The van der Waals surface area contributed by atoms with Crippen LogP contribution in [0.1, 0.15) is 82.7 Å². The van der Waals surface area contributed by atoms with Crippen LogP contribution in [0.4, 0.5) is 10.5 Å².